The van der Waals surface area contributed by atoms with E-state index in [4.69, 9.17) is 0 Å². The van der Waals surface area contributed by atoms with Crippen LogP contribution in [-0.2, 0) is 6.54 Å². The second kappa shape index (κ2) is 7.87. The number of aliphatic hydroxyl groups is 1. The van der Waals surface area contributed by atoms with Crippen LogP contribution < -0.4 is 0 Å². The number of halogens is 2. The summed E-state index contributed by atoms with van der Waals surface area (Å²) in [5, 5.41) is 9.88. The number of hydrogen-bond donors (Lipinski definition) is 1. The second-order valence-electron chi connectivity index (χ2n) is 8.61. The topological polar surface area (TPSA) is 65.8 Å². The van der Waals surface area contributed by atoms with Gasteiger partial charge in [-0.2, -0.15) is 0 Å². The minimum atomic E-state index is -0.912. The Morgan fingerprint density at radius 1 is 1.30 bits per heavy atom. The number of rotatable bonds is 5. The normalized spacial score (nSPS) is 18.5. The molecule has 1 saturated heterocycles. The van der Waals surface area contributed by atoms with Crippen LogP contribution >= 0.6 is 0 Å². The molecule has 0 radical (unpaired) electrons. The number of fused-ring (bicyclic) bond motifs is 1. The van der Waals surface area contributed by atoms with E-state index in [0.29, 0.717) is 42.9 Å². The quantitative estimate of drug-likeness (QED) is 0.747. The van der Waals surface area contributed by atoms with Crippen molar-refractivity contribution in [3.05, 3.63) is 64.5 Å². The molecule has 0 spiro atoms. The molecule has 2 aromatic rings. The highest BCUT2D eigenvalue weighted by atomic mass is 19.1. The summed E-state index contributed by atoms with van der Waals surface area (Å²) in [5.41, 5.74) is 1.43. The van der Waals surface area contributed by atoms with Gasteiger partial charge in [-0.05, 0) is 57.4 Å². The molecule has 3 heterocycles. The van der Waals surface area contributed by atoms with Crippen molar-refractivity contribution in [2.75, 3.05) is 6.54 Å². The zero-order valence-corrected chi connectivity index (χ0v) is 17.2. The maximum atomic E-state index is 14.4. The van der Waals surface area contributed by atoms with Crippen molar-refractivity contribution in [2.24, 2.45) is 4.99 Å². The molecule has 0 amide bonds. The van der Waals surface area contributed by atoms with Gasteiger partial charge < -0.3 is 10.0 Å². The van der Waals surface area contributed by atoms with Crippen LogP contribution in [0.25, 0.3) is 0 Å². The van der Waals surface area contributed by atoms with E-state index in [2.05, 4.69) is 9.98 Å². The third-order valence-electron chi connectivity index (χ3n) is 5.72. The van der Waals surface area contributed by atoms with Gasteiger partial charge in [0, 0.05) is 35.9 Å². The van der Waals surface area contributed by atoms with Gasteiger partial charge in [0.2, 0.25) is 0 Å². The molecule has 4 rings (SSSR count). The predicted molar refractivity (Wildman–Crippen MR) is 109 cm³/mol. The van der Waals surface area contributed by atoms with E-state index >= 15 is 0 Å². The SMILES string of the molecule is CC(C)(O)CCC(=O)c1cnc2c(c1)C(N1CCC[C@@H]1c1cc(F)ccc1F)=NC2. The molecule has 0 unspecified atom stereocenters. The number of carbonyl (C=O) groups excluding carboxylic acids is 1. The van der Waals surface area contributed by atoms with Crippen LogP contribution in [0.5, 0.6) is 0 Å². The number of Topliss-reactive ketones (excluding diaryl/α,β-unsaturated/α-hetero) is 1. The van der Waals surface area contributed by atoms with Crippen molar-refractivity contribution in [3.63, 3.8) is 0 Å². The highest BCUT2D eigenvalue weighted by Crippen LogP contribution is 2.37. The summed E-state index contributed by atoms with van der Waals surface area (Å²) < 4.78 is 28.2. The lowest BCUT2D eigenvalue weighted by molar-refractivity contribution is 0.0633. The summed E-state index contributed by atoms with van der Waals surface area (Å²) in [5.74, 6) is -0.303. The largest absolute Gasteiger partial charge is 0.390 e. The van der Waals surface area contributed by atoms with Gasteiger partial charge in [0.1, 0.15) is 17.5 Å². The summed E-state index contributed by atoms with van der Waals surface area (Å²) in [6.07, 6.45) is 3.67. The van der Waals surface area contributed by atoms with Crippen molar-refractivity contribution in [2.45, 2.75) is 57.7 Å². The molecule has 2 aliphatic rings. The monoisotopic (exact) mass is 413 g/mol. The molecular weight excluding hydrogens is 388 g/mol. The van der Waals surface area contributed by atoms with Crippen molar-refractivity contribution < 1.29 is 18.7 Å². The first-order chi connectivity index (χ1) is 14.2. The summed E-state index contributed by atoms with van der Waals surface area (Å²) in [6.45, 7) is 4.42. The summed E-state index contributed by atoms with van der Waals surface area (Å²) in [6, 6.07) is 5.02. The maximum Gasteiger partial charge on any atom is 0.164 e. The predicted octanol–water partition coefficient (Wildman–Crippen LogP) is 4.19. The van der Waals surface area contributed by atoms with Gasteiger partial charge in [-0.25, -0.2) is 8.78 Å². The van der Waals surface area contributed by atoms with E-state index in [1.807, 2.05) is 4.90 Å². The van der Waals surface area contributed by atoms with E-state index in [0.717, 1.165) is 29.8 Å². The molecule has 1 aromatic carbocycles. The smallest absolute Gasteiger partial charge is 0.164 e. The molecule has 5 nitrogen and oxygen atoms in total. The van der Waals surface area contributed by atoms with Crippen LogP contribution in [0.2, 0.25) is 0 Å². The Morgan fingerprint density at radius 2 is 2.10 bits per heavy atom. The molecule has 7 heteroatoms. The van der Waals surface area contributed by atoms with Crippen molar-refractivity contribution in [1.82, 2.24) is 9.88 Å². The molecule has 2 aliphatic heterocycles. The van der Waals surface area contributed by atoms with Gasteiger partial charge in [-0.15, -0.1) is 0 Å². The number of ketones is 1. The Balaban J connectivity index is 1.60. The number of hydrogen-bond acceptors (Lipinski definition) is 5. The number of likely N-dealkylation sites (tertiary alicyclic amines) is 1. The molecular formula is C23H25F2N3O2. The average molecular weight is 413 g/mol. The van der Waals surface area contributed by atoms with Crippen molar-refractivity contribution in [1.29, 1.82) is 0 Å². The molecule has 1 fully saturated rings. The number of aromatic nitrogens is 1. The lowest BCUT2D eigenvalue weighted by atomic mass is 9.97. The van der Waals surface area contributed by atoms with E-state index in [-0.39, 0.29) is 18.2 Å². The number of pyridine rings is 1. The minimum Gasteiger partial charge on any atom is -0.390 e. The van der Waals surface area contributed by atoms with Gasteiger partial charge in [0.15, 0.2) is 5.78 Å². The van der Waals surface area contributed by atoms with Crippen molar-refractivity contribution in [3.8, 4) is 0 Å². The van der Waals surface area contributed by atoms with Gasteiger partial charge in [-0.1, -0.05) is 0 Å². The van der Waals surface area contributed by atoms with Crippen LogP contribution in [0.1, 0.15) is 72.8 Å². The summed E-state index contributed by atoms with van der Waals surface area (Å²) in [7, 11) is 0. The highest BCUT2D eigenvalue weighted by Gasteiger charge is 2.34. The third-order valence-corrected chi connectivity index (χ3v) is 5.72. The number of benzene rings is 1. The van der Waals surface area contributed by atoms with E-state index in [1.165, 1.54) is 6.07 Å². The van der Waals surface area contributed by atoms with E-state index in [1.54, 1.807) is 26.1 Å². The lowest BCUT2D eigenvalue weighted by Crippen LogP contribution is -2.31. The Bertz CT molecular complexity index is 1010. The van der Waals surface area contributed by atoms with Crippen LogP contribution in [0.3, 0.4) is 0 Å². The molecule has 0 saturated carbocycles. The minimum absolute atomic E-state index is 0.0900. The molecule has 0 aliphatic carbocycles. The Labute approximate surface area is 174 Å². The number of aliphatic imine (C=N–C) groups is 1. The molecule has 1 N–H and O–H groups in total. The first-order valence-electron chi connectivity index (χ1n) is 10.2. The van der Waals surface area contributed by atoms with Gasteiger partial charge >= 0.3 is 0 Å². The molecule has 1 aromatic heterocycles. The molecule has 1 atom stereocenters. The molecule has 158 valence electrons. The number of nitrogens with zero attached hydrogens (tertiary/aromatic N) is 3. The second-order valence-corrected chi connectivity index (χ2v) is 8.61. The van der Waals surface area contributed by atoms with Crippen LogP contribution in [0, 0.1) is 11.6 Å². The Hall–Kier alpha value is -2.67. The maximum absolute atomic E-state index is 14.4. The molecule has 30 heavy (non-hydrogen) atoms. The summed E-state index contributed by atoms with van der Waals surface area (Å²) in [4.78, 5) is 23.6. The van der Waals surface area contributed by atoms with E-state index in [9.17, 15) is 18.7 Å². The van der Waals surface area contributed by atoms with Crippen LogP contribution in [0.4, 0.5) is 8.78 Å². The summed E-state index contributed by atoms with van der Waals surface area (Å²) >= 11 is 0. The molecule has 0 bridgehead atoms. The van der Waals surface area contributed by atoms with Crippen LogP contribution in [-0.4, -0.2) is 38.8 Å². The Morgan fingerprint density at radius 3 is 2.87 bits per heavy atom. The average Bonchev–Trinajstić information content (AvgIpc) is 3.33. The first kappa shape index (κ1) is 20.6. The third kappa shape index (κ3) is 4.12. The highest BCUT2D eigenvalue weighted by molar-refractivity contribution is 6.04. The van der Waals surface area contributed by atoms with E-state index < -0.39 is 17.2 Å². The van der Waals surface area contributed by atoms with Crippen molar-refractivity contribution >= 4 is 11.6 Å². The van der Waals surface area contributed by atoms with Crippen LogP contribution in [0.15, 0.2) is 35.5 Å². The fraction of sp³-hybridized carbons (Fsp3) is 0.435. The first-order valence-corrected chi connectivity index (χ1v) is 10.2. The van der Waals surface area contributed by atoms with Gasteiger partial charge in [0.05, 0.1) is 23.9 Å². The fourth-order valence-corrected chi connectivity index (χ4v) is 4.12. The zero-order chi connectivity index (χ0) is 21.5. The number of amidine groups is 1. The zero-order valence-electron chi connectivity index (χ0n) is 17.2. The van der Waals surface area contributed by atoms with Gasteiger partial charge in [-0.3, -0.25) is 14.8 Å². The Kier molecular flexibility index (Phi) is 5.40. The number of carbonyl (C=O) groups is 1. The lowest BCUT2D eigenvalue weighted by Gasteiger charge is -2.27. The van der Waals surface area contributed by atoms with Gasteiger partial charge in [0.25, 0.3) is 0 Å². The standard InChI is InChI=1S/C23H25F2N3O2/c1-23(2,30)8-7-21(29)14-10-17-19(26-12-14)13-27-22(17)28-9-3-4-20(28)16-11-15(24)5-6-18(16)25/h5-6,10-12,20,30H,3-4,7-9,13H2,1-2H3/t20-/m1/s1. The fourth-order valence-electron chi connectivity index (χ4n) is 4.12.